The molecule has 9 heteroatoms. The highest BCUT2D eigenvalue weighted by atomic mass is 32.2. The summed E-state index contributed by atoms with van der Waals surface area (Å²) in [6.45, 7) is 4.19. The average Bonchev–Trinajstić information content (AvgIpc) is 3.54. The molecule has 0 amide bonds. The molecule has 2 aromatic carbocycles. The second kappa shape index (κ2) is 10.5. The van der Waals surface area contributed by atoms with Crippen molar-refractivity contribution < 1.29 is 8.42 Å². The van der Waals surface area contributed by atoms with Gasteiger partial charge in [0.1, 0.15) is 12.7 Å². The van der Waals surface area contributed by atoms with Crippen molar-refractivity contribution >= 4 is 20.7 Å². The number of piperidine rings is 1. The monoisotopic (exact) mass is 506 g/mol. The van der Waals surface area contributed by atoms with Gasteiger partial charge in [-0.3, -0.25) is 9.47 Å². The smallest absolute Gasteiger partial charge is 0.175 e. The highest BCUT2D eigenvalue weighted by Crippen LogP contribution is 2.24. The number of aryl methyl sites for hydroxylation is 1. The van der Waals surface area contributed by atoms with E-state index in [9.17, 15) is 8.42 Å². The van der Waals surface area contributed by atoms with Crippen LogP contribution in [0.15, 0.2) is 66.2 Å². The van der Waals surface area contributed by atoms with Gasteiger partial charge >= 0.3 is 0 Å². The largest absolute Gasteiger partial charge is 0.361 e. The van der Waals surface area contributed by atoms with E-state index < -0.39 is 9.84 Å². The molecule has 4 aromatic rings. The van der Waals surface area contributed by atoms with Crippen LogP contribution in [-0.2, 0) is 22.8 Å². The maximum absolute atomic E-state index is 11.7. The Kier molecular flexibility index (Phi) is 7.22. The Balaban J connectivity index is 1.09. The lowest BCUT2D eigenvalue weighted by atomic mass is 10.0. The summed E-state index contributed by atoms with van der Waals surface area (Å²) < 4.78 is 25.3. The van der Waals surface area contributed by atoms with Crippen molar-refractivity contribution in [3.05, 3.63) is 72.4 Å². The summed E-state index contributed by atoms with van der Waals surface area (Å²) in [7, 11) is -0.969. The summed E-state index contributed by atoms with van der Waals surface area (Å²) in [4.78, 5) is 8.78. The molecule has 3 heterocycles. The molecular weight excluding hydrogens is 472 g/mol. The number of aromatic amines is 1. The number of aromatic nitrogens is 4. The SMILES string of the molecule is CN(Cc1ccc(S(C)(=O)=O)cc1)C1CCN(CCCc2c[nH]c3ccc(-n4cnnc4)cc23)CC1. The number of fused-ring (bicyclic) bond motifs is 1. The van der Waals surface area contributed by atoms with Crippen molar-refractivity contribution in [1.29, 1.82) is 0 Å². The minimum Gasteiger partial charge on any atom is -0.361 e. The molecular formula is C27H34N6O2S. The third-order valence-electron chi connectivity index (χ3n) is 7.35. The van der Waals surface area contributed by atoms with E-state index in [0.717, 1.165) is 68.6 Å². The van der Waals surface area contributed by atoms with Crippen LogP contribution < -0.4 is 0 Å². The minimum absolute atomic E-state index is 0.380. The first-order chi connectivity index (χ1) is 17.4. The van der Waals surface area contributed by atoms with Crippen LogP contribution in [-0.4, -0.2) is 76.9 Å². The normalized spacial score (nSPS) is 15.8. The fraction of sp³-hybridized carbons (Fsp3) is 0.407. The first kappa shape index (κ1) is 24.7. The van der Waals surface area contributed by atoms with Crippen LogP contribution in [0.25, 0.3) is 16.6 Å². The summed E-state index contributed by atoms with van der Waals surface area (Å²) in [5.41, 5.74) is 4.75. The van der Waals surface area contributed by atoms with E-state index in [1.807, 2.05) is 16.7 Å². The average molecular weight is 507 g/mol. The van der Waals surface area contributed by atoms with Crippen molar-refractivity contribution in [1.82, 2.24) is 29.5 Å². The van der Waals surface area contributed by atoms with E-state index in [1.165, 1.54) is 17.2 Å². The third-order valence-corrected chi connectivity index (χ3v) is 8.48. The van der Waals surface area contributed by atoms with E-state index in [2.05, 4.69) is 56.4 Å². The summed E-state index contributed by atoms with van der Waals surface area (Å²) >= 11 is 0. The molecule has 0 aliphatic carbocycles. The van der Waals surface area contributed by atoms with Crippen LogP contribution >= 0.6 is 0 Å². The molecule has 5 rings (SSSR count). The van der Waals surface area contributed by atoms with Crippen molar-refractivity contribution in [2.45, 2.75) is 43.2 Å². The topological polar surface area (TPSA) is 87.1 Å². The number of likely N-dealkylation sites (tertiary alicyclic amines) is 1. The molecule has 1 N–H and O–H groups in total. The Bertz CT molecular complexity index is 1390. The van der Waals surface area contributed by atoms with Gasteiger partial charge in [0, 0.05) is 41.6 Å². The molecule has 36 heavy (non-hydrogen) atoms. The lowest BCUT2D eigenvalue weighted by Crippen LogP contribution is -2.43. The zero-order valence-corrected chi connectivity index (χ0v) is 21.8. The standard InChI is InChI=1S/C27H34N6O2S/c1-31(18-21-5-8-25(9-6-21)36(2,34)35)23-11-14-32(15-12-23)13-3-4-22-17-28-27-10-7-24(16-26(22)27)33-19-29-30-20-33/h5-10,16-17,19-20,23,28H,3-4,11-15,18H2,1-2H3. The molecule has 1 aliphatic heterocycles. The first-order valence-corrected chi connectivity index (χ1v) is 14.4. The van der Waals surface area contributed by atoms with Crippen molar-refractivity contribution in [2.24, 2.45) is 0 Å². The Morgan fingerprint density at radius 3 is 2.47 bits per heavy atom. The van der Waals surface area contributed by atoms with Gasteiger partial charge in [-0.15, -0.1) is 10.2 Å². The number of H-pyrrole nitrogens is 1. The number of benzene rings is 2. The van der Waals surface area contributed by atoms with Gasteiger partial charge in [-0.25, -0.2) is 8.42 Å². The van der Waals surface area contributed by atoms with Gasteiger partial charge in [-0.1, -0.05) is 12.1 Å². The predicted molar refractivity (Wildman–Crippen MR) is 142 cm³/mol. The maximum atomic E-state index is 11.7. The summed E-state index contributed by atoms with van der Waals surface area (Å²) in [5, 5.41) is 9.10. The van der Waals surface area contributed by atoms with Gasteiger partial charge in [-0.05, 0) is 93.8 Å². The van der Waals surface area contributed by atoms with E-state index in [0.29, 0.717) is 10.9 Å². The van der Waals surface area contributed by atoms with E-state index in [1.54, 1.807) is 24.8 Å². The molecule has 190 valence electrons. The van der Waals surface area contributed by atoms with E-state index in [4.69, 9.17) is 0 Å². The Morgan fingerprint density at radius 2 is 1.78 bits per heavy atom. The van der Waals surface area contributed by atoms with Crippen LogP contribution in [0.5, 0.6) is 0 Å². The van der Waals surface area contributed by atoms with E-state index >= 15 is 0 Å². The van der Waals surface area contributed by atoms with Crippen molar-refractivity contribution in [3.8, 4) is 5.69 Å². The quantitative estimate of drug-likeness (QED) is 0.373. The molecule has 0 bridgehead atoms. The number of nitrogens with zero attached hydrogens (tertiary/aromatic N) is 5. The van der Waals surface area contributed by atoms with Crippen LogP contribution in [0.4, 0.5) is 0 Å². The molecule has 1 fully saturated rings. The Labute approximate surface area is 212 Å². The van der Waals surface area contributed by atoms with Crippen molar-refractivity contribution in [3.63, 3.8) is 0 Å². The Hall–Kier alpha value is -3.01. The highest BCUT2D eigenvalue weighted by Gasteiger charge is 2.22. The van der Waals surface area contributed by atoms with Gasteiger partial charge in [0.25, 0.3) is 0 Å². The predicted octanol–water partition coefficient (Wildman–Crippen LogP) is 3.68. The van der Waals surface area contributed by atoms with Gasteiger partial charge < -0.3 is 9.88 Å². The van der Waals surface area contributed by atoms with Crippen LogP contribution in [0.3, 0.4) is 0 Å². The zero-order chi connectivity index (χ0) is 25.1. The number of nitrogens with one attached hydrogen (secondary N) is 1. The fourth-order valence-corrected chi connectivity index (χ4v) is 5.83. The lowest BCUT2D eigenvalue weighted by Gasteiger charge is -2.36. The number of rotatable bonds is 9. The van der Waals surface area contributed by atoms with Crippen LogP contribution in [0.2, 0.25) is 0 Å². The van der Waals surface area contributed by atoms with Crippen LogP contribution in [0, 0.1) is 0 Å². The molecule has 0 radical (unpaired) electrons. The molecule has 0 saturated carbocycles. The maximum Gasteiger partial charge on any atom is 0.175 e. The summed E-state index contributed by atoms with van der Waals surface area (Å²) in [5.74, 6) is 0. The number of sulfone groups is 1. The third kappa shape index (κ3) is 5.69. The molecule has 2 aromatic heterocycles. The summed E-state index contributed by atoms with van der Waals surface area (Å²) in [6.07, 6.45) is 11.3. The van der Waals surface area contributed by atoms with Gasteiger partial charge in [0.2, 0.25) is 0 Å². The zero-order valence-electron chi connectivity index (χ0n) is 21.0. The molecule has 1 saturated heterocycles. The molecule has 0 atom stereocenters. The second-order valence-corrected chi connectivity index (χ2v) is 11.9. The second-order valence-electron chi connectivity index (χ2n) is 9.92. The summed E-state index contributed by atoms with van der Waals surface area (Å²) in [6, 6.07) is 14.3. The molecule has 0 unspecified atom stereocenters. The minimum atomic E-state index is -3.15. The van der Waals surface area contributed by atoms with Crippen LogP contribution in [0.1, 0.15) is 30.4 Å². The Morgan fingerprint density at radius 1 is 1.06 bits per heavy atom. The molecule has 1 aliphatic rings. The fourth-order valence-electron chi connectivity index (χ4n) is 5.20. The van der Waals surface area contributed by atoms with Gasteiger partial charge in [-0.2, -0.15) is 0 Å². The van der Waals surface area contributed by atoms with Crippen molar-refractivity contribution in [2.75, 3.05) is 32.9 Å². The molecule has 0 spiro atoms. The number of hydrogen-bond donors (Lipinski definition) is 1. The van der Waals surface area contributed by atoms with Gasteiger partial charge in [0.15, 0.2) is 9.84 Å². The lowest BCUT2D eigenvalue weighted by molar-refractivity contribution is 0.122. The van der Waals surface area contributed by atoms with Gasteiger partial charge in [0.05, 0.1) is 4.90 Å². The number of hydrogen-bond acceptors (Lipinski definition) is 6. The first-order valence-electron chi connectivity index (χ1n) is 12.5. The highest BCUT2D eigenvalue weighted by molar-refractivity contribution is 7.90. The van der Waals surface area contributed by atoms with E-state index in [-0.39, 0.29) is 0 Å². The molecule has 8 nitrogen and oxygen atoms in total.